The quantitative estimate of drug-likeness (QED) is 0.882. The minimum absolute atomic E-state index is 0.122. The second kappa shape index (κ2) is 6.31. The van der Waals surface area contributed by atoms with Gasteiger partial charge in [-0.15, -0.1) is 11.6 Å². The molecule has 0 aliphatic heterocycles. The lowest BCUT2D eigenvalue weighted by Gasteiger charge is -2.23. The first-order chi connectivity index (χ1) is 10.3. The third kappa shape index (κ3) is 3.10. The van der Waals surface area contributed by atoms with Crippen molar-refractivity contribution in [3.63, 3.8) is 0 Å². The highest BCUT2D eigenvalue weighted by molar-refractivity contribution is 6.30. The topological polar surface area (TPSA) is 46.9 Å². The van der Waals surface area contributed by atoms with E-state index in [1.165, 1.54) is 0 Å². The first kappa shape index (κ1) is 14.1. The fraction of sp³-hybridized carbons (Fsp3) is 0.375. The highest BCUT2D eigenvalue weighted by Gasteiger charge is 2.31. The fourth-order valence-corrected chi connectivity index (χ4v) is 3.17. The number of imidazole rings is 1. The van der Waals surface area contributed by atoms with E-state index in [0.717, 1.165) is 24.8 Å². The van der Waals surface area contributed by atoms with E-state index in [9.17, 15) is 4.79 Å². The van der Waals surface area contributed by atoms with Crippen molar-refractivity contribution in [1.82, 2.24) is 14.9 Å². The molecule has 1 heterocycles. The van der Waals surface area contributed by atoms with E-state index in [0.29, 0.717) is 0 Å². The minimum atomic E-state index is -0.643. The zero-order valence-electron chi connectivity index (χ0n) is 11.7. The third-order valence-electron chi connectivity index (χ3n) is 4.04. The van der Waals surface area contributed by atoms with Gasteiger partial charge in [0.2, 0.25) is 5.91 Å². The molecule has 0 saturated heterocycles. The molecule has 0 radical (unpaired) electrons. The van der Waals surface area contributed by atoms with Crippen LogP contribution in [0.25, 0.3) is 0 Å². The number of nitrogens with one attached hydrogen (secondary N) is 1. The highest BCUT2D eigenvalue weighted by Crippen LogP contribution is 2.31. The van der Waals surface area contributed by atoms with Crippen molar-refractivity contribution in [3.8, 4) is 0 Å². The van der Waals surface area contributed by atoms with Crippen molar-refractivity contribution >= 4 is 17.5 Å². The largest absolute Gasteiger partial charge is 0.350 e. The van der Waals surface area contributed by atoms with Crippen molar-refractivity contribution in [2.24, 2.45) is 0 Å². The van der Waals surface area contributed by atoms with Crippen LogP contribution in [-0.4, -0.2) is 21.5 Å². The van der Waals surface area contributed by atoms with Crippen molar-refractivity contribution in [3.05, 3.63) is 54.6 Å². The molecule has 3 rings (SSSR count). The van der Waals surface area contributed by atoms with Gasteiger partial charge in [-0.05, 0) is 24.8 Å². The summed E-state index contributed by atoms with van der Waals surface area (Å²) < 4.78 is 2.07. The van der Waals surface area contributed by atoms with Crippen molar-refractivity contribution < 1.29 is 4.79 Å². The monoisotopic (exact) mass is 303 g/mol. The molecule has 1 saturated carbocycles. The van der Waals surface area contributed by atoms with Gasteiger partial charge in [-0.1, -0.05) is 30.3 Å². The Kier molecular flexibility index (Phi) is 4.25. The molecular weight excluding hydrogens is 286 g/mol. The average molecular weight is 304 g/mol. The number of halogens is 1. The number of rotatable bonds is 4. The van der Waals surface area contributed by atoms with E-state index in [1.807, 2.05) is 42.9 Å². The Labute approximate surface area is 129 Å². The molecule has 0 bridgehead atoms. The Balaban J connectivity index is 1.67. The SMILES string of the molecule is O=C(NC1CCCC1n1ccnc1)C(Cl)c1ccccc1. The van der Waals surface area contributed by atoms with E-state index >= 15 is 0 Å². The first-order valence-corrected chi connectivity index (χ1v) is 7.66. The number of amides is 1. The minimum Gasteiger partial charge on any atom is -0.350 e. The lowest BCUT2D eigenvalue weighted by Crippen LogP contribution is -2.39. The third-order valence-corrected chi connectivity index (χ3v) is 4.49. The number of nitrogens with zero attached hydrogens (tertiary/aromatic N) is 2. The number of carbonyl (C=O) groups is 1. The van der Waals surface area contributed by atoms with Crippen LogP contribution < -0.4 is 5.32 Å². The van der Waals surface area contributed by atoms with Crippen LogP contribution >= 0.6 is 11.6 Å². The van der Waals surface area contributed by atoms with E-state index in [4.69, 9.17) is 11.6 Å². The smallest absolute Gasteiger partial charge is 0.242 e. The molecule has 1 aliphatic carbocycles. The average Bonchev–Trinajstić information content (AvgIpc) is 3.18. The first-order valence-electron chi connectivity index (χ1n) is 7.22. The Bertz CT molecular complexity index is 585. The molecule has 21 heavy (non-hydrogen) atoms. The molecule has 3 unspecified atom stereocenters. The maximum Gasteiger partial charge on any atom is 0.242 e. The van der Waals surface area contributed by atoms with Crippen LogP contribution in [0.2, 0.25) is 0 Å². The van der Waals surface area contributed by atoms with Gasteiger partial charge in [0, 0.05) is 18.4 Å². The van der Waals surface area contributed by atoms with Crippen LogP contribution in [0, 0.1) is 0 Å². The standard InChI is InChI=1S/C16H18ClN3O/c17-15(12-5-2-1-3-6-12)16(21)19-13-7-4-8-14(13)20-10-9-18-11-20/h1-3,5-6,9-11,13-15H,4,7-8H2,(H,19,21). The summed E-state index contributed by atoms with van der Waals surface area (Å²) in [6, 6.07) is 9.84. The summed E-state index contributed by atoms with van der Waals surface area (Å²) in [5.74, 6) is -0.125. The Morgan fingerprint density at radius 3 is 2.86 bits per heavy atom. The molecule has 4 nitrogen and oxygen atoms in total. The number of benzene rings is 1. The molecule has 1 aliphatic rings. The van der Waals surface area contributed by atoms with Crippen molar-refractivity contribution in [1.29, 1.82) is 0 Å². The van der Waals surface area contributed by atoms with Crippen LogP contribution in [0.5, 0.6) is 0 Å². The van der Waals surface area contributed by atoms with Crippen LogP contribution in [-0.2, 0) is 4.79 Å². The highest BCUT2D eigenvalue weighted by atomic mass is 35.5. The normalized spacial score (nSPS) is 22.9. The summed E-state index contributed by atoms with van der Waals surface area (Å²) >= 11 is 6.28. The van der Waals surface area contributed by atoms with Crippen LogP contribution in [0.4, 0.5) is 0 Å². The summed E-state index contributed by atoms with van der Waals surface area (Å²) in [6.45, 7) is 0. The van der Waals surface area contributed by atoms with Gasteiger partial charge in [0.05, 0.1) is 12.4 Å². The molecular formula is C16H18ClN3O. The maximum absolute atomic E-state index is 12.3. The molecule has 110 valence electrons. The molecule has 1 aromatic carbocycles. The second-order valence-corrected chi connectivity index (χ2v) is 5.83. The van der Waals surface area contributed by atoms with Gasteiger partial charge in [0.1, 0.15) is 5.38 Å². The number of aromatic nitrogens is 2. The van der Waals surface area contributed by atoms with Crippen LogP contribution in [0.1, 0.15) is 36.2 Å². The molecule has 1 amide bonds. The van der Waals surface area contributed by atoms with Gasteiger partial charge < -0.3 is 9.88 Å². The molecule has 5 heteroatoms. The zero-order chi connectivity index (χ0) is 14.7. The molecule has 3 atom stereocenters. The zero-order valence-corrected chi connectivity index (χ0v) is 12.4. The van der Waals surface area contributed by atoms with Crippen LogP contribution in [0.3, 0.4) is 0 Å². The Morgan fingerprint density at radius 1 is 1.33 bits per heavy atom. The number of carbonyl (C=O) groups excluding carboxylic acids is 1. The number of alkyl halides is 1. The Morgan fingerprint density at radius 2 is 2.14 bits per heavy atom. The molecule has 1 aromatic heterocycles. The van der Waals surface area contributed by atoms with E-state index in [-0.39, 0.29) is 18.0 Å². The van der Waals surface area contributed by atoms with Gasteiger partial charge in [-0.2, -0.15) is 0 Å². The summed E-state index contributed by atoms with van der Waals surface area (Å²) in [5, 5.41) is 2.45. The molecule has 1 fully saturated rings. The second-order valence-electron chi connectivity index (χ2n) is 5.40. The summed E-state index contributed by atoms with van der Waals surface area (Å²) in [6.07, 6.45) is 8.67. The summed E-state index contributed by atoms with van der Waals surface area (Å²) in [4.78, 5) is 16.4. The predicted octanol–water partition coefficient (Wildman–Crippen LogP) is 3.07. The summed E-state index contributed by atoms with van der Waals surface area (Å²) in [7, 11) is 0. The van der Waals surface area contributed by atoms with Crippen LogP contribution in [0.15, 0.2) is 49.1 Å². The van der Waals surface area contributed by atoms with E-state index in [1.54, 1.807) is 6.20 Å². The van der Waals surface area contributed by atoms with Crippen molar-refractivity contribution in [2.75, 3.05) is 0 Å². The van der Waals surface area contributed by atoms with Crippen molar-refractivity contribution in [2.45, 2.75) is 36.7 Å². The van der Waals surface area contributed by atoms with Gasteiger partial charge in [0.15, 0.2) is 0 Å². The summed E-state index contributed by atoms with van der Waals surface area (Å²) in [5.41, 5.74) is 0.828. The lowest BCUT2D eigenvalue weighted by molar-refractivity contribution is -0.121. The lowest BCUT2D eigenvalue weighted by atomic mass is 10.1. The van der Waals surface area contributed by atoms with Gasteiger partial charge in [-0.25, -0.2) is 4.98 Å². The van der Waals surface area contributed by atoms with Gasteiger partial charge >= 0.3 is 0 Å². The van der Waals surface area contributed by atoms with E-state index < -0.39 is 5.38 Å². The van der Waals surface area contributed by atoms with Gasteiger partial charge in [-0.3, -0.25) is 4.79 Å². The number of hydrogen-bond acceptors (Lipinski definition) is 2. The maximum atomic E-state index is 12.3. The molecule has 0 spiro atoms. The predicted molar refractivity (Wildman–Crippen MR) is 82.1 cm³/mol. The molecule has 2 aromatic rings. The molecule has 1 N–H and O–H groups in total. The van der Waals surface area contributed by atoms with E-state index in [2.05, 4.69) is 14.9 Å². The van der Waals surface area contributed by atoms with Gasteiger partial charge in [0.25, 0.3) is 0 Å². The Hall–Kier alpha value is -1.81. The number of hydrogen-bond donors (Lipinski definition) is 1. The fourth-order valence-electron chi connectivity index (χ4n) is 2.96.